The van der Waals surface area contributed by atoms with E-state index in [4.69, 9.17) is 10.5 Å². The van der Waals surface area contributed by atoms with Crippen molar-refractivity contribution in [3.63, 3.8) is 0 Å². The molecule has 2 heterocycles. The van der Waals surface area contributed by atoms with Crippen molar-refractivity contribution in [2.75, 3.05) is 19.7 Å². The number of likely N-dealkylation sites (tertiary alicyclic amines) is 1. The highest BCUT2D eigenvalue weighted by atomic mass is 127. The summed E-state index contributed by atoms with van der Waals surface area (Å²) in [5.41, 5.74) is 8.25. The lowest BCUT2D eigenvalue weighted by atomic mass is 10.1. The number of nitrogens with one attached hydrogen (secondary N) is 1. The van der Waals surface area contributed by atoms with Gasteiger partial charge in [-0.15, -0.1) is 24.0 Å². The Morgan fingerprint density at radius 1 is 1.28 bits per heavy atom. The fourth-order valence-corrected chi connectivity index (χ4v) is 3.20. The van der Waals surface area contributed by atoms with Gasteiger partial charge in [0.05, 0.1) is 25.9 Å². The van der Waals surface area contributed by atoms with Gasteiger partial charge in [-0.1, -0.05) is 30.3 Å². The van der Waals surface area contributed by atoms with Gasteiger partial charge in [-0.3, -0.25) is 4.68 Å². The smallest absolute Gasteiger partial charge is 0.409 e. The Kier molecular flexibility index (Phi) is 9.23. The van der Waals surface area contributed by atoms with Crippen molar-refractivity contribution in [1.29, 1.82) is 0 Å². The molecule has 2 aromatic rings. The molecule has 1 saturated heterocycles. The Bertz CT molecular complexity index is 787. The van der Waals surface area contributed by atoms with Crippen molar-refractivity contribution in [2.24, 2.45) is 10.7 Å². The number of nitrogens with zero attached hydrogens (tertiary/aromatic N) is 4. The Morgan fingerprint density at radius 3 is 2.69 bits per heavy atom. The molecule has 1 fully saturated rings. The lowest BCUT2D eigenvalue weighted by Crippen LogP contribution is -2.48. The maximum absolute atomic E-state index is 11.7. The van der Waals surface area contributed by atoms with Crippen LogP contribution in [0.4, 0.5) is 4.79 Å². The zero-order chi connectivity index (χ0) is 19.8. The molecule has 8 nitrogen and oxygen atoms in total. The van der Waals surface area contributed by atoms with Crippen LogP contribution in [0.5, 0.6) is 0 Å². The number of carbonyl (C=O) groups excluding carboxylic acids is 1. The zero-order valence-electron chi connectivity index (χ0n) is 16.7. The molecule has 3 N–H and O–H groups in total. The SMILES string of the molecule is CCOC(=O)N1CCC(NC(N)=NCc2cnn(Cc3ccccc3)c2)CC1.I. The first-order chi connectivity index (χ1) is 13.6. The van der Waals surface area contributed by atoms with Crippen LogP contribution in [-0.4, -0.2) is 52.5 Å². The fraction of sp³-hybridized carbons (Fsp3) is 0.450. The van der Waals surface area contributed by atoms with Gasteiger partial charge in [0.2, 0.25) is 0 Å². The molecule has 0 radical (unpaired) electrons. The van der Waals surface area contributed by atoms with Gasteiger partial charge >= 0.3 is 6.09 Å². The second-order valence-corrected chi connectivity index (χ2v) is 6.84. The highest BCUT2D eigenvalue weighted by Crippen LogP contribution is 2.11. The van der Waals surface area contributed by atoms with Crippen molar-refractivity contribution in [1.82, 2.24) is 20.0 Å². The molecule has 1 aromatic heterocycles. The minimum absolute atomic E-state index is 0. The van der Waals surface area contributed by atoms with E-state index in [-0.39, 0.29) is 36.1 Å². The second-order valence-electron chi connectivity index (χ2n) is 6.84. The van der Waals surface area contributed by atoms with E-state index in [0.29, 0.717) is 32.2 Å². The topological polar surface area (TPSA) is 97.8 Å². The average molecular weight is 512 g/mol. The quantitative estimate of drug-likeness (QED) is 0.353. The van der Waals surface area contributed by atoms with Crippen LogP contribution in [0.2, 0.25) is 0 Å². The summed E-state index contributed by atoms with van der Waals surface area (Å²) in [5.74, 6) is 0.422. The van der Waals surface area contributed by atoms with Crippen LogP contribution >= 0.6 is 24.0 Å². The summed E-state index contributed by atoms with van der Waals surface area (Å²) in [6.45, 7) is 4.76. The van der Waals surface area contributed by atoms with Crippen molar-refractivity contribution >= 4 is 36.0 Å². The number of hydrogen-bond donors (Lipinski definition) is 2. The third kappa shape index (κ3) is 7.22. The summed E-state index contributed by atoms with van der Waals surface area (Å²) >= 11 is 0. The molecule has 1 aromatic carbocycles. The van der Waals surface area contributed by atoms with Crippen LogP contribution in [0, 0.1) is 0 Å². The van der Waals surface area contributed by atoms with Gasteiger partial charge in [-0.05, 0) is 25.3 Å². The lowest BCUT2D eigenvalue weighted by Gasteiger charge is -2.31. The third-order valence-electron chi connectivity index (χ3n) is 4.68. The first-order valence-electron chi connectivity index (χ1n) is 9.67. The number of ether oxygens (including phenoxy) is 1. The number of piperidine rings is 1. The predicted molar refractivity (Wildman–Crippen MR) is 123 cm³/mol. The standard InChI is InChI=1S/C20H28N6O2.HI/c1-2-28-20(27)25-10-8-18(9-11-25)24-19(21)22-12-17-13-23-26(15-17)14-16-6-4-3-5-7-16;/h3-7,13,15,18H,2,8-12,14H2,1H3,(H3,21,22,24);1H. The highest BCUT2D eigenvalue weighted by Gasteiger charge is 2.23. The molecule has 29 heavy (non-hydrogen) atoms. The Hall–Kier alpha value is -2.30. The molecule has 0 bridgehead atoms. The van der Waals surface area contributed by atoms with Gasteiger partial charge in [0, 0.05) is 30.9 Å². The van der Waals surface area contributed by atoms with Crippen LogP contribution in [0.25, 0.3) is 0 Å². The van der Waals surface area contributed by atoms with Gasteiger partial charge < -0.3 is 20.7 Å². The zero-order valence-corrected chi connectivity index (χ0v) is 19.0. The molecule has 9 heteroatoms. The predicted octanol–water partition coefficient (Wildman–Crippen LogP) is 2.57. The van der Waals surface area contributed by atoms with Crippen molar-refractivity contribution in [2.45, 2.75) is 38.9 Å². The third-order valence-corrected chi connectivity index (χ3v) is 4.68. The molecule has 1 aliphatic rings. The molecule has 3 rings (SSSR count). The minimum Gasteiger partial charge on any atom is -0.450 e. The van der Waals surface area contributed by atoms with Gasteiger partial charge in [-0.2, -0.15) is 5.10 Å². The summed E-state index contributed by atoms with van der Waals surface area (Å²) in [6.07, 6.45) is 5.21. The number of halogens is 1. The van der Waals surface area contributed by atoms with Gasteiger partial charge in [0.25, 0.3) is 0 Å². The van der Waals surface area contributed by atoms with Crippen LogP contribution in [-0.2, 0) is 17.8 Å². The summed E-state index contributed by atoms with van der Waals surface area (Å²) in [7, 11) is 0. The van der Waals surface area contributed by atoms with Crippen molar-refractivity contribution in [3.8, 4) is 0 Å². The Balaban J connectivity index is 0.00000300. The molecular weight excluding hydrogens is 483 g/mol. The number of benzene rings is 1. The first kappa shape index (κ1) is 23.0. The number of nitrogens with two attached hydrogens (primary N) is 1. The molecule has 0 aliphatic carbocycles. The monoisotopic (exact) mass is 512 g/mol. The number of amides is 1. The van der Waals surface area contributed by atoms with E-state index in [2.05, 4.69) is 27.5 Å². The number of carbonyl (C=O) groups is 1. The number of guanidine groups is 1. The minimum atomic E-state index is -0.241. The molecule has 0 unspecified atom stereocenters. The average Bonchev–Trinajstić information content (AvgIpc) is 3.15. The van der Waals surface area contributed by atoms with E-state index in [9.17, 15) is 4.79 Å². The van der Waals surface area contributed by atoms with E-state index in [1.165, 1.54) is 5.56 Å². The molecule has 1 aliphatic heterocycles. The maximum atomic E-state index is 11.7. The molecule has 0 atom stereocenters. The first-order valence-corrected chi connectivity index (χ1v) is 9.67. The molecule has 1 amide bonds. The summed E-state index contributed by atoms with van der Waals surface area (Å²) in [4.78, 5) is 17.9. The molecule has 0 saturated carbocycles. The fourth-order valence-electron chi connectivity index (χ4n) is 3.20. The van der Waals surface area contributed by atoms with Crippen molar-refractivity contribution < 1.29 is 9.53 Å². The van der Waals surface area contributed by atoms with Crippen LogP contribution < -0.4 is 11.1 Å². The van der Waals surface area contributed by atoms with E-state index in [1.807, 2.05) is 42.2 Å². The second kappa shape index (κ2) is 11.6. The molecule has 0 spiro atoms. The van der Waals surface area contributed by atoms with Crippen LogP contribution in [0.15, 0.2) is 47.7 Å². The number of rotatable bonds is 6. The normalized spacial score (nSPS) is 14.9. The van der Waals surface area contributed by atoms with E-state index >= 15 is 0 Å². The number of aromatic nitrogens is 2. The molecule has 158 valence electrons. The van der Waals surface area contributed by atoms with Gasteiger partial charge in [0.15, 0.2) is 5.96 Å². The van der Waals surface area contributed by atoms with E-state index in [1.54, 1.807) is 4.90 Å². The number of aliphatic imine (C=N–C) groups is 1. The lowest BCUT2D eigenvalue weighted by molar-refractivity contribution is 0.0963. The van der Waals surface area contributed by atoms with Crippen molar-refractivity contribution in [3.05, 3.63) is 53.9 Å². The summed E-state index contributed by atoms with van der Waals surface area (Å²) < 4.78 is 6.93. The van der Waals surface area contributed by atoms with E-state index < -0.39 is 0 Å². The van der Waals surface area contributed by atoms with Crippen LogP contribution in [0.1, 0.15) is 30.9 Å². The van der Waals surface area contributed by atoms with Gasteiger partial charge in [-0.25, -0.2) is 9.79 Å². The Morgan fingerprint density at radius 2 is 2.00 bits per heavy atom. The largest absolute Gasteiger partial charge is 0.450 e. The Labute approximate surface area is 188 Å². The van der Waals surface area contributed by atoms with E-state index in [0.717, 1.165) is 24.9 Å². The molecular formula is C20H29IN6O2. The van der Waals surface area contributed by atoms with Crippen LogP contribution in [0.3, 0.4) is 0 Å². The summed E-state index contributed by atoms with van der Waals surface area (Å²) in [6, 6.07) is 10.4. The highest BCUT2D eigenvalue weighted by molar-refractivity contribution is 14.0. The number of hydrogen-bond acceptors (Lipinski definition) is 4. The maximum Gasteiger partial charge on any atom is 0.409 e. The van der Waals surface area contributed by atoms with Gasteiger partial charge in [0.1, 0.15) is 0 Å². The summed E-state index contributed by atoms with van der Waals surface area (Å²) in [5, 5.41) is 7.63.